The summed E-state index contributed by atoms with van der Waals surface area (Å²) in [4.78, 5) is 11.4. The van der Waals surface area contributed by atoms with Gasteiger partial charge in [-0.25, -0.2) is 4.79 Å². The normalized spacial score (nSPS) is 24.2. The molecule has 2 aliphatic rings. The molecule has 0 radical (unpaired) electrons. The molecular formula is C20H18ClNO2. The summed E-state index contributed by atoms with van der Waals surface area (Å²) in [5.74, 6) is -0.373. The van der Waals surface area contributed by atoms with Crippen LogP contribution in [-0.2, 0) is 0 Å². The minimum Gasteiger partial charge on any atom is -0.478 e. The van der Waals surface area contributed by atoms with Crippen LogP contribution < -0.4 is 5.32 Å². The number of fused-ring (bicyclic) bond motifs is 3. The van der Waals surface area contributed by atoms with E-state index in [0.29, 0.717) is 10.9 Å². The minimum atomic E-state index is -0.945. The number of benzene rings is 2. The number of carbonyl (C=O) groups is 1. The van der Waals surface area contributed by atoms with E-state index in [4.69, 9.17) is 11.6 Å². The van der Waals surface area contributed by atoms with E-state index < -0.39 is 5.97 Å². The maximum atomic E-state index is 11.4. The molecule has 0 saturated carbocycles. The van der Waals surface area contributed by atoms with E-state index in [1.165, 1.54) is 17.2 Å². The van der Waals surface area contributed by atoms with Crippen molar-refractivity contribution in [2.45, 2.75) is 25.3 Å². The SMILES string of the molecule is Cc1cccc([C@H]2Nc3c(Cl)cc(C(=O)O)cc3[C@H]3C=CC[C@H]32)c1. The van der Waals surface area contributed by atoms with Gasteiger partial charge >= 0.3 is 5.97 Å². The minimum absolute atomic E-state index is 0.172. The summed E-state index contributed by atoms with van der Waals surface area (Å²) >= 11 is 6.42. The van der Waals surface area contributed by atoms with Gasteiger partial charge in [-0.05, 0) is 42.5 Å². The second kappa shape index (κ2) is 5.67. The Bertz CT molecular complexity index is 859. The molecule has 3 atom stereocenters. The van der Waals surface area contributed by atoms with Crippen LogP contribution in [0.1, 0.15) is 45.4 Å². The molecule has 2 aromatic carbocycles. The molecule has 1 aliphatic carbocycles. The summed E-state index contributed by atoms with van der Waals surface area (Å²) in [7, 11) is 0. The molecule has 24 heavy (non-hydrogen) atoms. The first-order valence-corrected chi connectivity index (χ1v) is 8.49. The van der Waals surface area contributed by atoms with Crippen LogP contribution in [-0.4, -0.2) is 11.1 Å². The topological polar surface area (TPSA) is 49.3 Å². The van der Waals surface area contributed by atoms with Crippen molar-refractivity contribution in [1.82, 2.24) is 0 Å². The van der Waals surface area contributed by atoms with Crippen molar-refractivity contribution in [2.75, 3.05) is 5.32 Å². The highest BCUT2D eigenvalue weighted by molar-refractivity contribution is 6.33. The van der Waals surface area contributed by atoms with Crippen LogP contribution in [0.25, 0.3) is 0 Å². The Morgan fingerprint density at radius 3 is 2.88 bits per heavy atom. The molecule has 122 valence electrons. The van der Waals surface area contributed by atoms with E-state index in [2.05, 4.69) is 48.7 Å². The summed E-state index contributed by atoms with van der Waals surface area (Å²) in [6.07, 6.45) is 5.36. The third-order valence-electron chi connectivity index (χ3n) is 5.07. The van der Waals surface area contributed by atoms with Gasteiger partial charge in [-0.3, -0.25) is 0 Å². The molecule has 2 N–H and O–H groups in total. The number of nitrogens with one attached hydrogen (secondary N) is 1. The molecule has 4 heteroatoms. The van der Waals surface area contributed by atoms with Gasteiger partial charge in [0.25, 0.3) is 0 Å². The van der Waals surface area contributed by atoms with Gasteiger partial charge in [0.15, 0.2) is 0 Å². The van der Waals surface area contributed by atoms with Crippen molar-refractivity contribution in [3.63, 3.8) is 0 Å². The number of aromatic carboxylic acids is 1. The van der Waals surface area contributed by atoms with Crippen molar-refractivity contribution in [1.29, 1.82) is 0 Å². The molecule has 3 nitrogen and oxygen atoms in total. The first-order valence-electron chi connectivity index (χ1n) is 8.11. The number of hydrogen-bond donors (Lipinski definition) is 2. The average Bonchev–Trinajstić information content (AvgIpc) is 3.04. The van der Waals surface area contributed by atoms with Crippen molar-refractivity contribution < 1.29 is 9.90 Å². The van der Waals surface area contributed by atoms with Crippen LogP contribution in [0, 0.1) is 12.8 Å². The van der Waals surface area contributed by atoms with Gasteiger partial charge in [0.2, 0.25) is 0 Å². The van der Waals surface area contributed by atoms with Gasteiger partial charge in [-0.2, -0.15) is 0 Å². The number of carboxylic acid groups (broad SMARTS) is 1. The van der Waals surface area contributed by atoms with Gasteiger partial charge in [0.05, 0.1) is 22.3 Å². The highest BCUT2D eigenvalue weighted by Crippen LogP contribution is 2.51. The van der Waals surface area contributed by atoms with Crippen LogP contribution in [0.4, 0.5) is 5.69 Å². The van der Waals surface area contributed by atoms with Gasteiger partial charge in [0, 0.05) is 5.92 Å². The summed E-state index contributed by atoms with van der Waals surface area (Å²) in [5.41, 5.74) is 4.57. The van der Waals surface area contributed by atoms with E-state index in [-0.39, 0.29) is 17.5 Å². The van der Waals surface area contributed by atoms with Gasteiger partial charge in [-0.15, -0.1) is 0 Å². The first-order chi connectivity index (χ1) is 11.5. The molecule has 4 rings (SSSR count). The van der Waals surface area contributed by atoms with Crippen molar-refractivity contribution in [2.24, 2.45) is 5.92 Å². The summed E-state index contributed by atoms with van der Waals surface area (Å²) < 4.78 is 0. The third kappa shape index (κ3) is 2.40. The fourth-order valence-electron chi connectivity index (χ4n) is 3.97. The van der Waals surface area contributed by atoms with Crippen molar-refractivity contribution in [3.8, 4) is 0 Å². The standard InChI is InChI=1S/C20H18ClNO2/c1-11-4-2-5-12(8-11)18-15-7-3-6-14(15)16-9-13(20(23)24)10-17(21)19(16)22-18/h2-6,8-10,14-15,18,22H,7H2,1H3,(H,23,24)/t14-,15+,18+/m0/s1. The zero-order valence-electron chi connectivity index (χ0n) is 13.3. The largest absolute Gasteiger partial charge is 0.478 e. The predicted molar refractivity (Wildman–Crippen MR) is 95.9 cm³/mol. The zero-order chi connectivity index (χ0) is 16.8. The molecule has 0 bridgehead atoms. The molecular weight excluding hydrogens is 322 g/mol. The second-order valence-corrected chi connectivity index (χ2v) is 7.02. The number of halogens is 1. The predicted octanol–water partition coefficient (Wildman–Crippen LogP) is 5.17. The van der Waals surface area contributed by atoms with Crippen LogP contribution in [0.15, 0.2) is 48.6 Å². The molecule has 0 saturated heterocycles. The van der Waals surface area contributed by atoms with E-state index in [1.54, 1.807) is 6.07 Å². The average molecular weight is 340 g/mol. The second-order valence-electron chi connectivity index (χ2n) is 6.62. The maximum Gasteiger partial charge on any atom is 0.335 e. The number of aryl methyl sites for hydroxylation is 1. The van der Waals surface area contributed by atoms with Crippen LogP contribution in [0.3, 0.4) is 0 Å². The Balaban J connectivity index is 1.83. The molecule has 0 spiro atoms. The van der Waals surface area contributed by atoms with Crippen molar-refractivity contribution >= 4 is 23.3 Å². The van der Waals surface area contributed by atoms with Gasteiger partial charge in [-0.1, -0.05) is 53.6 Å². The van der Waals surface area contributed by atoms with E-state index in [0.717, 1.165) is 17.7 Å². The monoisotopic (exact) mass is 339 g/mol. The number of anilines is 1. The Kier molecular flexibility index (Phi) is 3.61. The number of hydrogen-bond acceptors (Lipinski definition) is 2. The lowest BCUT2D eigenvalue weighted by Gasteiger charge is -2.38. The van der Waals surface area contributed by atoms with E-state index in [9.17, 15) is 9.90 Å². The molecule has 0 fully saturated rings. The van der Waals surface area contributed by atoms with Crippen molar-refractivity contribution in [3.05, 3.63) is 75.8 Å². The van der Waals surface area contributed by atoms with Gasteiger partial charge < -0.3 is 10.4 Å². The molecule has 1 heterocycles. The molecule has 1 aliphatic heterocycles. The van der Waals surface area contributed by atoms with Crippen LogP contribution in [0.5, 0.6) is 0 Å². The summed E-state index contributed by atoms with van der Waals surface area (Å²) in [5, 5.41) is 13.4. The molecule has 0 aromatic heterocycles. The lowest BCUT2D eigenvalue weighted by Crippen LogP contribution is -2.29. The van der Waals surface area contributed by atoms with E-state index in [1.807, 2.05) is 0 Å². The van der Waals surface area contributed by atoms with Crippen LogP contribution in [0.2, 0.25) is 5.02 Å². The molecule has 2 aromatic rings. The quantitative estimate of drug-likeness (QED) is 0.742. The maximum absolute atomic E-state index is 11.4. The fraction of sp³-hybridized carbons (Fsp3) is 0.250. The lowest BCUT2D eigenvalue weighted by atomic mass is 9.76. The molecule has 0 amide bonds. The number of allylic oxidation sites excluding steroid dienone is 2. The smallest absolute Gasteiger partial charge is 0.335 e. The molecule has 0 unspecified atom stereocenters. The Labute approximate surface area is 146 Å². The lowest BCUT2D eigenvalue weighted by molar-refractivity contribution is 0.0696. The first kappa shape index (κ1) is 15.3. The highest BCUT2D eigenvalue weighted by Gasteiger charge is 2.39. The number of rotatable bonds is 2. The van der Waals surface area contributed by atoms with E-state index >= 15 is 0 Å². The Morgan fingerprint density at radius 2 is 2.12 bits per heavy atom. The highest BCUT2D eigenvalue weighted by atomic mass is 35.5. The Morgan fingerprint density at radius 1 is 1.29 bits per heavy atom. The Hall–Kier alpha value is -2.26. The third-order valence-corrected chi connectivity index (χ3v) is 5.37. The zero-order valence-corrected chi connectivity index (χ0v) is 14.0. The summed E-state index contributed by atoms with van der Waals surface area (Å²) in [6, 6.07) is 12.0. The fourth-order valence-corrected chi connectivity index (χ4v) is 4.25. The summed E-state index contributed by atoms with van der Waals surface area (Å²) in [6.45, 7) is 2.09. The van der Waals surface area contributed by atoms with Crippen LogP contribution >= 0.6 is 11.6 Å². The van der Waals surface area contributed by atoms with Gasteiger partial charge in [0.1, 0.15) is 0 Å². The number of carboxylic acids is 1.